The van der Waals surface area contributed by atoms with Crippen LogP contribution < -0.4 is 5.32 Å². The molecular weight excluding hydrogens is 208 g/mol. The maximum absolute atomic E-state index is 11.7. The van der Waals surface area contributed by atoms with Crippen molar-refractivity contribution in [2.24, 2.45) is 5.41 Å². The number of carbonyl (C=O) groups is 2. The number of carboxylic acids is 1. The van der Waals surface area contributed by atoms with E-state index in [1.54, 1.807) is 4.90 Å². The van der Waals surface area contributed by atoms with E-state index in [0.29, 0.717) is 0 Å². The Bertz CT molecular complexity index is 280. The van der Waals surface area contributed by atoms with Crippen LogP contribution >= 0.6 is 0 Å². The number of amides is 2. The molecule has 0 aromatic carbocycles. The molecule has 5 heteroatoms. The molecule has 0 aliphatic carbocycles. The van der Waals surface area contributed by atoms with Gasteiger partial charge in [-0.3, -0.25) is 4.79 Å². The first-order valence-corrected chi connectivity index (χ1v) is 5.71. The Kier molecular flexibility index (Phi) is 4.15. The zero-order valence-corrected chi connectivity index (χ0v) is 9.95. The highest BCUT2D eigenvalue weighted by Crippen LogP contribution is 2.32. The van der Waals surface area contributed by atoms with E-state index in [-0.39, 0.29) is 24.4 Å². The summed E-state index contributed by atoms with van der Waals surface area (Å²) in [6.07, 6.45) is 2.06. The molecular formula is C11H20N2O3. The fourth-order valence-corrected chi connectivity index (χ4v) is 1.87. The van der Waals surface area contributed by atoms with Crippen molar-refractivity contribution in [2.45, 2.75) is 33.1 Å². The lowest BCUT2D eigenvalue weighted by molar-refractivity contribution is -0.136. The van der Waals surface area contributed by atoms with Gasteiger partial charge in [-0.05, 0) is 18.3 Å². The third kappa shape index (κ3) is 3.40. The lowest BCUT2D eigenvalue weighted by atomic mass is 9.87. The van der Waals surface area contributed by atoms with Gasteiger partial charge in [0.25, 0.3) is 0 Å². The SMILES string of the molecule is CCC1(C)CCN(C(=O)NCCC(=O)O)C1. The molecule has 1 aliphatic rings. The second kappa shape index (κ2) is 5.18. The molecule has 0 bridgehead atoms. The first-order chi connectivity index (χ1) is 7.47. The lowest BCUT2D eigenvalue weighted by Gasteiger charge is -2.22. The first-order valence-electron chi connectivity index (χ1n) is 5.71. The molecule has 16 heavy (non-hydrogen) atoms. The Balaban J connectivity index is 2.31. The van der Waals surface area contributed by atoms with Crippen molar-refractivity contribution >= 4 is 12.0 Å². The maximum atomic E-state index is 11.7. The Morgan fingerprint density at radius 1 is 1.50 bits per heavy atom. The van der Waals surface area contributed by atoms with Gasteiger partial charge in [0.2, 0.25) is 0 Å². The van der Waals surface area contributed by atoms with Crippen molar-refractivity contribution in [1.82, 2.24) is 10.2 Å². The minimum atomic E-state index is -0.889. The van der Waals surface area contributed by atoms with Crippen LogP contribution in [-0.2, 0) is 4.79 Å². The zero-order valence-electron chi connectivity index (χ0n) is 9.95. The molecule has 1 aliphatic heterocycles. The first kappa shape index (κ1) is 12.8. The zero-order chi connectivity index (χ0) is 12.2. The highest BCUT2D eigenvalue weighted by molar-refractivity contribution is 5.75. The molecule has 0 aromatic rings. The summed E-state index contributed by atoms with van der Waals surface area (Å²) in [5.41, 5.74) is 0.226. The molecule has 1 heterocycles. The summed E-state index contributed by atoms with van der Waals surface area (Å²) in [6, 6.07) is -0.140. The molecule has 5 nitrogen and oxygen atoms in total. The number of carbonyl (C=O) groups excluding carboxylic acids is 1. The van der Waals surface area contributed by atoms with Crippen LogP contribution in [0.15, 0.2) is 0 Å². The Morgan fingerprint density at radius 2 is 2.19 bits per heavy atom. The summed E-state index contributed by atoms with van der Waals surface area (Å²) in [5.74, 6) is -0.889. The number of nitrogens with one attached hydrogen (secondary N) is 1. The van der Waals surface area contributed by atoms with Crippen LogP contribution in [0.3, 0.4) is 0 Å². The monoisotopic (exact) mass is 228 g/mol. The van der Waals surface area contributed by atoms with Crippen LogP contribution in [0.25, 0.3) is 0 Å². The standard InChI is InChI=1S/C11H20N2O3/c1-3-11(2)5-7-13(8-11)10(16)12-6-4-9(14)15/h3-8H2,1-2H3,(H,12,16)(H,14,15). The summed E-state index contributed by atoms with van der Waals surface area (Å²) in [5, 5.41) is 11.1. The van der Waals surface area contributed by atoms with Gasteiger partial charge in [0.15, 0.2) is 0 Å². The molecule has 1 saturated heterocycles. The topological polar surface area (TPSA) is 69.6 Å². The van der Waals surface area contributed by atoms with Crippen LogP contribution in [0.5, 0.6) is 0 Å². The van der Waals surface area contributed by atoms with Gasteiger partial charge >= 0.3 is 12.0 Å². The number of rotatable bonds is 4. The van der Waals surface area contributed by atoms with E-state index in [2.05, 4.69) is 19.2 Å². The highest BCUT2D eigenvalue weighted by atomic mass is 16.4. The van der Waals surface area contributed by atoms with Crippen molar-refractivity contribution in [3.8, 4) is 0 Å². The number of aliphatic carboxylic acids is 1. The van der Waals surface area contributed by atoms with E-state index < -0.39 is 5.97 Å². The van der Waals surface area contributed by atoms with Gasteiger partial charge in [0.05, 0.1) is 6.42 Å². The van der Waals surface area contributed by atoms with Crippen LogP contribution in [0, 0.1) is 5.41 Å². The van der Waals surface area contributed by atoms with Crippen LogP contribution in [0.2, 0.25) is 0 Å². The summed E-state index contributed by atoms with van der Waals surface area (Å²) in [6.45, 7) is 6.04. The van der Waals surface area contributed by atoms with Crippen molar-refractivity contribution in [2.75, 3.05) is 19.6 Å². The van der Waals surface area contributed by atoms with Gasteiger partial charge in [0, 0.05) is 19.6 Å². The average Bonchev–Trinajstić information content (AvgIpc) is 2.61. The summed E-state index contributed by atoms with van der Waals surface area (Å²) < 4.78 is 0. The minimum absolute atomic E-state index is 0.0232. The molecule has 0 spiro atoms. The number of hydrogen-bond donors (Lipinski definition) is 2. The predicted octanol–water partition coefficient (Wildman–Crippen LogP) is 1.29. The molecule has 2 amide bonds. The van der Waals surface area contributed by atoms with Gasteiger partial charge in [-0.15, -0.1) is 0 Å². The predicted molar refractivity (Wildman–Crippen MR) is 60.2 cm³/mol. The van der Waals surface area contributed by atoms with Gasteiger partial charge in [-0.25, -0.2) is 4.79 Å². The number of hydrogen-bond acceptors (Lipinski definition) is 2. The van der Waals surface area contributed by atoms with Gasteiger partial charge in [-0.1, -0.05) is 13.8 Å². The van der Waals surface area contributed by atoms with Crippen molar-refractivity contribution in [1.29, 1.82) is 0 Å². The fourth-order valence-electron chi connectivity index (χ4n) is 1.87. The van der Waals surface area contributed by atoms with E-state index in [4.69, 9.17) is 5.11 Å². The molecule has 92 valence electrons. The molecule has 1 fully saturated rings. The van der Waals surface area contributed by atoms with E-state index in [0.717, 1.165) is 25.9 Å². The van der Waals surface area contributed by atoms with Crippen molar-refractivity contribution in [3.05, 3.63) is 0 Å². The number of likely N-dealkylation sites (tertiary alicyclic amines) is 1. The smallest absolute Gasteiger partial charge is 0.317 e. The third-order valence-electron chi connectivity index (χ3n) is 3.31. The Morgan fingerprint density at radius 3 is 2.69 bits per heavy atom. The van der Waals surface area contributed by atoms with E-state index in [1.807, 2.05) is 0 Å². The molecule has 0 radical (unpaired) electrons. The molecule has 1 unspecified atom stereocenters. The largest absolute Gasteiger partial charge is 0.481 e. The van der Waals surface area contributed by atoms with E-state index in [1.165, 1.54) is 0 Å². The minimum Gasteiger partial charge on any atom is -0.481 e. The molecule has 1 rings (SSSR count). The van der Waals surface area contributed by atoms with Gasteiger partial charge < -0.3 is 15.3 Å². The highest BCUT2D eigenvalue weighted by Gasteiger charge is 2.34. The van der Waals surface area contributed by atoms with E-state index in [9.17, 15) is 9.59 Å². The summed E-state index contributed by atoms with van der Waals surface area (Å²) >= 11 is 0. The number of nitrogens with zero attached hydrogens (tertiary/aromatic N) is 1. The molecule has 2 N–H and O–H groups in total. The van der Waals surface area contributed by atoms with Crippen LogP contribution in [0.4, 0.5) is 4.79 Å². The molecule has 1 atom stereocenters. The summed E-state index contributed by atoms with van der Waals surface area (Å²) in [7, 11) is 0. The quantitative estimate of drug-likeness (QED) is 0.761. The number of urea groups is 1. The average molecular weight is 228 g/mol. The number of carboxylic acid groups (broad SMARTS) is 1. The second-order valence-electron chi connectivity index (χ2n) is 4.71. The third-order valence-corrected chi connectivity index (χ3v) is 3.31. The summed E-state index contributed by atoms with van der Waals surface area (Å²) in [4.78, 5) is 23.7. The van der Waals surface area contributed by atoms with Gasteiger partial charge in [0.1, 0.15) is 0 Å². The van der Waals surface area contributed by atoms with Crippen molar-refractivity contribution in [3.63, 3.8) is 0 Å². The van der Waals surface area contributed by atoms with E-state index >= 15 is 0 Å². The van der Waals surface area contributed by atoms with Gasteiger partial charge in [-0.2, -0.15) is 0 Å². The van der Waals surface area contributed by atoms with Crippen LogP contribution in [0.1, 0.15) is 33.1 Å². The maximum Gasteiger partial charge on any atom is 0.317 e. The fraction of sp³-hybridized carbons (Fsp3) is 0.818. The normalized spacial score (nSPS) is 24.5. The molecule has 0 aromatic heterocycles. The Hall–Kier alpha value is -1.26. The lowest BCUT2D eigenvalue weighted by Crippen LogP contribution is -2.40. The van der Waals surface area contributed by atoms with Crippen LogP contribution in [-0.4, -0.2) is 41.6 Å². The van der Waals surface area contributed by atoms with Crippen molar-refractivity contribution < 1.29 is 14.7 Å². The Labute approximate surface area is 95.8 Å². The second-order valence-corrected chi connectivity index (χ2v) is 4.71. The molecule has 0 saturated carbocycles.